The molecule has 1 saturated heterocycles. The second kappa shape index (κ2) is 9.24. The third-order valence-electron chi connectivity index (χ3n) is 6.75. The molecule has 8 nitrogen and oxygen atoms in total. The number of aromatic nitrogens is 6. The number of piperidine rings is 1. The van der Waals surface area contributed by atoms with E-state index in [-0.39, 0.29) is 0 Å². The molecule has 0 amide bonds. The maximum absolute atomic E-state index is 13.1. The molecule has 5 heterocycles. The Morgan fingerprint density at radius 3 is 2.66 bits per heavy atom. The first-order chi connectivity index (χ1) is 16.8. The lowest BCUT2D eigenvalue weighted by Gasteiger charge is -2.36. The van der Waals surface area contributed by atoms with Crippen molar-refractivity contribution < 1.29 is 8.78 Å². The lowest BCUT2D eigenvalue weighted by Crippen LogP contribution is -2.39. The molecule has 0 saturated carbocycles. The number of nitrogens with zero attached hydrogens (tertiary/aromatic N) is 7. The summed E-state index contributed by atoms with van der Waals surface area (Å²) < 4.78 is 29.5. The maximum atomic E-state index is 13.1. The van der Waals surface area contributed by atoms with Crippen LogP contribution >= 0.6 is 0 Å². The van der Waals surface area contributed by atoms with Gasteiger partial charge in [-0.2, -0.15) is 0 Å². The Morgan fingerprint density at radius 1 is 1.17 bits per heavy atom. The van der Waals surface area contributed by atoms with E-state index in [4.69, 9.17) is 0 Å². The molecule has 1 aliphatic rings. The Morgan fingerprint density at radius 2 is 1.94 bits per heavy atom. The number of pyridine rings is 1. The van der Waals surface area contributed by atoms with Crippen molar-refractivity contribution in [3.63, 3.8) is 0 Å². The molecule has 10 heteroatoms. The average molecular weight is 481 g/mol. The molecular weight excluding hydrogens is 450 g/mol. The Hall–Kier alpha value is -3.56. The summed E-state index contributed by atoms with van der Waals surface area (Å²) in [6.07, 6.45) is 4.90. The second-order valence-corrected chi connectivity index (χ2v) is 9.42. The molecule has 0 atom stereocenters. The minimum absolute atomic E-state index is 0.309. The fourth-order valence-electron chi connectivity index (χ4n) is 4.70. The lowest BCUT2D eigenvalue weighted by atomic mass is 10.0. The first-order valence-electron chi connectivity index (χ1n) is 12.0. The van der Waals surface area contributed by atoms with Gasteiger partial charge in [0.15, 0.2) is 5.65 Å². The van der Waals surface area contributed by atoms with Gasteiger partial charge < -0.3 is 14.8 Å². The van der Waals surface area contributed by atoms with E-state index in [1.807, 2.05) is 18.3 Å². The van der Waals surface area contributed by atoms with Gasteiger partial charge in [-0.1, -0.05) is 20.4 Å². The summed E-state index contributed by atoms with van der Waals surface area (Å²) in [6, 6.07) is 4.10. The molecular formula is C25H30F2N8. The zero-order valence-corrected chi connectivity index (χ0v) is 20.2. The van der Waals surface area contributed by atoms with Crippen LogP contribution in [0.15, 0.2) is 43.0 Å². The summed E-state index contributed by atoms with van der Waals surface area (Å²) in [6.45, 7) is 11.8. The number of nitrogens with one attached hydrogen (secondary N) is 1. The van der Waals surface area contributed by atoms with Gasteiger partial charge >= 0.3 is 0 Å². The van der Waals surface area contributed by atoms with Gasteiger partial charge in [0, 0.05) is 48.3 Å². The zero-order valence-electron chi connectivity index (χ0n) is 20.2. The molecule has 0 bridgehead atoms. The fourth-order valence-corrected chi connectivity index (χ4v) is 4.70. The molecule has 0 aromatic carbocycles. The van der Waals surface area contributed by atoms with Gasteiger partial charge in [-0.05, 0) is 37.8 Å². The number of halogens is 2. The highest BCUT2D eigenvalue weighted by Gasteiger charge is 2.22. The summed E-state index contributed by atoms with van der Waals surface area (Å²) in [7, 11) is 0. The quantitative estimate of drug-likeness (QED) is 0.411. The van der Waals surface area contributed by atoms with Crippen molar-refractivity contribution in [2.24, 2.45) is 5.92 Å². The molecule has 0 unspecified atom stereocenters. The number of likely N-dealkylation sites (tertiary alicyclic amines) is 1. The van der Waals surface area contributed by atoms with Gasteiger partial charge in [0.05, 0.1) is 23.8 Å². The summed E-state index contributed by atoms with van der Waals surface area (Å²) in [5.74, 6) is 1.56. The van der Waals surface area contributed by atoms with Gasteiger partial charge in [-0.25, -0.2) is 28.2 Å². The third kappa shape index (κ3) is 4.56. The lowest BCUT2D eigenvalue weighted by molar-refractivity contribution is 0.127. The molecule has 4 aromatic heterocycles. The zero-order chi connectivity index (χ0) is 24.7. The molecule has 4 aromatic rings. The van der Waals surface area contributed by atoms with E-state index >= 15 is 0 Å². The number of imidazole rings is 1. The molecule has 0 radical (unpaired) electrons. The molecule has 1 fully saturated rings. The van der Waals surface area contributed by atoms with Crippen molar-refractivity contribution in [2.45, 2.75) is 52.6 Å². The summed E-state index contributed by atoms with van der Waals surface area (Å²) >= 11 is 0. The van der Waals surface area contributed by atoms with E-state index in [1.54, 1.807) is 23.8 Å². The number of alkyl halides is 2. The molecule has 35 heavy (non-hydrogen) atoms. The topological polar surface area (TPSA) is 76.2 Å². The average Bonchev–Trinajstić information content (AvgIpc) is 3.39. The first kappa shape index (κ1) is 23.2. The Labute approximate surface area is 202 Å². The molecule has 0 aliphatic carbocycles. The van der Waals surface area contributed by atoms with E-state index in [2.05, 4.69) is 50.7 Å². The van der Waals surface area contributed by atoms with E-state index in [0.717, 1.165) is 42.6 Å². The number of hydrogen-bond acceptors (Lipinski definition) is 6. The number of anilines is 1. The van der Waals surface area contributed by atoms with Crippen LogP contribution in [-0.2, 0) is 6.54 Å². The Bertz CT molecular complexity index is 1360. The van der Waals surface area contributed by atoms with Crippen molar-refractivity contribution in [1.29, 1.82) is 0 Å². The predicted octanol–water partition coefficient (Wildman–Crippen LogP) is 4.76. The van der Waals surface area contributed by atoms with Crippen molar-refractivity contribution in [2.75, 3.05) is 18.4 Å². The summed E-state index contributed by atoms with van der Waals surface area (Å²) in [5, 5.41) is 8.12. The van der Waals surface area contributed by atoms with Crippen molar-refractivity contribution in [1.82, 2.24) is 34.0 Å². The smallest absolute Gasteiger partial charge is 0.256 e. The molecule has 1 N–H and O–H groups in total. The van der Waals surface area contributed by atoms with Crippen LogP contribution in [0.5, 0.6) is 0 Å². The van der Waals surface area contributed by atoms with Crippen LogP contribution in [0.4, 0.5) is 14.7 Å². The predicted molar refractivity (Wildman–Crippen MR) is 132 cm³/mol. The van der Waals surface area contributed by atoms with Crippen LogP contribution in [0.1, 0.15) is 32.5 Å². The van der Waals surface area contributed by atoms with Crippen LogP contribution < -0.4 is 5.32 Å². The second-order valence-electron chi connectivity index (χ2n) is 9.42. The van der Waals surface area contributed by atoms with Crippen molar-refractivity contribution in [3.8, 4) is 11.1 Å². The number of rotatable bonds is 7. The van der Waals surface area contributed by atoms with Crippen LogP contribution in [0.2, 0.25) is 0 Å². The number of hydrogen-bond donors (Lipinski definition) is 1. The fraction of sp³-hybridized carbons (Fsp3) is 0.440. The minimum Gasteiger partial charge on any atom is -0.375 e. The van der Waals surface area contributed by atoms with Gasteiger partial charge in [0.2, 0.25) is 5.95 Å². The van der Waals surface area contributed by atoms with Crippen molar-refractivity contribution in [3.05, 3.63) is 48.8 Å². The Kier molecular flexibility index (Phi) is 6.12. The van der Waals surface area contributed by atoms with Crippen LogP contribution in [-0.4, -0.2) is 59.6 Å². The van der Waals surface area contributed by atoms with Crippen molar-refractivity contribution >= 4 is 22.6 Å². The van der Waals surface area contributed by atoms with E-state index in [1.165, 1.54) is 10.3 Å². The monoisotopic (exact) mass is 480 g/mol. The highest BCUT2D eigenvalue weighted by atomic mass is 19.3. The van der Waals surface area contributed by atoms with E-state index in [0.29, 0.717) is 34.9 Å². The number of fused-ring (bicyclic) bond motifs is 2. The largest absolute Gasteiger partial charge is 0.375 e. The highest BCUT2D eigenvalue weighted by Crippen LogP contribution is 2.28. The minimum atomic E-state index is -2.47. The molecule has 0 spiro atoms. The van der Waals surface area contributed by atoms with Gasteiger partial charge in [0.25, 0.3) is 6.43 Å². The number of aryl methyl sites for hydroxylation is 1. The highest BCUT2D eigenvalue weighted by molar-refractivity contribution is 5.85. The van der Waals surface area contributed by atoms with E-state index < -0.39 is 13.0 Å². The number of allylic oxidation sites excluding steroid dienone is 1. The normalized spacial score (nSPS) is 15.1. The SMILES string of the molecule is C=C(C(C)C)N1CCC(Nc2ncc3c(-c4cnc5nc(C)n(CC(F)F)c5c4)ccn3n2)CC1. The first-order valence-corrected chi connectivity index (χ1v) is 12.0. The standard InChI is InChI=1S/C25H30F2N8/c1-15(2)16(3)33-8-5-19(6-9-33)31-25-29-13-22-20(7-10-35(22)32-25)18-11-21-24(28-12-18)30-17(4)34(21)14-23(26)27/h7,10-13,15,19,23H,3,5-6,8-9,14H2,1-2,4H3,(H,31,32). The Balaban J connectivity index is 1.35. The van der Waals surface area contributed by atoms with Crippen LogP contribution in [0.25, 0.3) is 27.8 Å². The summed E-state index contributed by atoms with van der Waals surface area (Å²) in [4.78, 5) is 15.6. The molecule has 5 rings (SSSR count). The maximum Gasteiger partial charge on any atom is 0.256 e. The van der Waals surface area contributed by atoms with Gasteiger partial charge in [-0.15, -0.1) is 5.10 Å². The summed E-state index contributed by atoms with van der Waals surface area (Å²) in [5.41, 5.74) is 4.75. The van der Waals surface area contributed by atoms with Gasteiger partial charge in [-0.3, -0.25) is 0 Å². The molecule has 184 valence electrons. The third-order valence-corrected chi connectivity index (χ3v) is 6.75. The van der Waals surface area contributed by atoms with Crippen LogP contribution in [0, 0.1) is 12.8 Å². The van der Waals surface area contributed by atoms with Crippen LogP contribution in [0.3, 0.4) is 0 Å². The molecule has 1 aliphatic heterocycles. The van der Waals surface area contributed by atoms with Gasteiger partial charge in [0.1, 0.15) is 5.82 Å². The van der Waals surface area contributed by atoms with E-state index in [9.17, 15) is 8.78 Å².